The maximum atomic E-state index is 12.6. The van der Waals surface area contributed by atoms with Gasteiger partial charge in [0.05, 0.1) is 14.2 Å². The molecule has 0 saturated heterocycles. The van der Waals surface area contributed by atoms with Crippen LogP contribution in [-0.2, 0) is 13.5 Å². The predicted molar refractivity (Wildman–Crippen MR) is 132 cm³/mol. The van der Waals surface area contributed by atoms with Gasteiger partial charge in [-0.3, -0.25) is 0 Å². The Bertz CT molecular complexity index is 1280. The number of hydrogen-bond donors (Lipinski definition) is 3. The monoisotopic (exact) mass is 444 g/mol. The first kappa shape index (κ1) is 22.2. The Balaban J connectivity index is 1.43. The first-order chi connectivity index (χ1) is 16.0. The van der Waals surface area contributed by atoms with E-state index in [9.17, 15) is 4.79 Å². The zero-order valence-electron chi connectivity index (χ0n) is 19.0. The maximum Gasteiger partial charge on any atom is 0.323 e. The molecule has 0 aliphatic carbocycles. The number of amides is 2. The normalized spacial score (nSPS) is 11.8. The number of carbonyl (C=O) groups excluding carboxylic acids is 1. The standard InChI is InChI=1S/C26H28N4O3/c1-30-12-11-18-14-21(8-10-24(18)30)29-26(31)28-20-6-4-5-17(13-20)23(27)15-19-7-9-22(32-2)16-25(19)33-3/h4-14,16,23H,15,27H2,1-3H3,(H2,28,29,31). The molecule has 0 fully saturated rings. The number of anilines is 2. The second kappa shape index (κ2) is 9.67. The van der Waals surface area contributed by atoms with E-state index < -0.39 is 0 Å². The Morgan fingerprint density at radius 3 is 2.52 bits per heavy atom. The van der Waals surface area contributed by atoms with Crippen molar-refractivity contribution in [1.29, 1.82) is 0 Å². The van der Waals surface area contributed by atoms with Crippen LogP contribution in [0.3, 0.4) is 0 Å². The zero-order chi connectivity index (χ0) is 23.4. The summed E-state index contributed by atoms with van der Waals surface area (Å²) in [7, 11) is 5.24. The molecular weight excluding hydrogens is 416 g/mol. The molecule has 7 heteroatoms. The first-order valence-corrected chi connectivity index (χ1v) is 10.7. The second-order valence-electron chi connectivity index (χ2n) is 7.89. The number of rotatable bonds is 7. The van der Waals surface area contributed by atoms with Gasteiger partial charge >= 0.3 is 6.03 Å². The number of methoxy groups -OCH3 is 2. The lowest BCUT2D eigenvalue weighted by molar-refractivity contribution is 0.262. The lowest BCUT2D eigenvalue weighted by Gasteiger charge is -2.16. The Labute approximate surface area is 193 Å². The number of urea groups is 1. The highest BCUT2D eigenvalue weighted by molar-refractivity contribution is 6.01. The van der Waals surface area contributed by atoms with E-state index in [2.05, 4.69) is 10.6 Å². The molecule has 0 aliphatic rings. The van der Waals surface area contributed by atoms with Gasteiger partial charge < -0.3 is 30.4 Å². The number of hydrogen-bond acceptors (Lipinski definition) is 4. The lowest BCUT2D eigenvalue weighted by atomic mass is 9.98. The van der Waals surface area contributed by atoms with Crippen molar-refractivity contribution in [1.82, 2.24) is 4.57 Å². The molecule has 0 bridgehead atoms. The topological polar surface area (TPSA) is 90.5 Å². The molecule has 1 atom stereocenters. The van der Waals surface area contributed by atoms with Crippen LogP contribution >= 0.6 is 0 Å². The molecular formula is C26H28N4O3. The third-order valence-electron chi connectivity index (χ3n) is 5.65. The Hall–Kier alpha value is -3.97. The SMILES string of the molecule is COc1ccc(CC(N)c2cccc(NC(=O)Nc3ccc4c(ccn4C)c3)c2)c(OC)c1. The number of nitrogens with one attached hydrogen (secondary N) is 2. The number of nitrogens with zero attached hydrogens (tertiary/aromatic N) is 1. The van der Waals surface area contributed by atoms with Crippen molar-refractivity contribution < 1.29 is 14.3 Å². The fourth-order valence-electron chi connectivity index (χ4n) is 3.88. The van der Waals surface area contributed by atoms with Crippen molar-refractivity contribution in [2.45, 2.75) is 12.5 Å². The Morgan fingerprint density at radius 1 is 0.970 bits per heavy atom. The van der Waals surface area contributed by atoms with E-state index in [-0.39, 0.29) is 12.1 Å². The fraction of sp³-hybridized carbons (Fsp3) is 0.192. The van der Waals surface area contributed by atoms with Gasteiger partial charge in [-0.05, 0) is 60.0 Å². The summed E-state index contributed by atoms with van der Waals surface area (Å²) in [5, 5.41) is 6.84. The van der Waals surface area contributed by atoms with E-state index in [1.807, 2.05) is 84.5 Å². The molecule has 1 unspecified atom stereocenters. The van der Waals surface area contributed by atoms with Crippen LogP contribution in [0.15, 0.2) is 72.9 Å². The van der Waals surface area contributed by atoms with Crippen molar-refractivity contribution >= 4 is 28.3 Å². The van der Waals surface area contributed by atoms with E-state index in [4.69, 9.17) is 15.2 Å². The number of aromatic nitrogens is 1. The van der Waals surface area contributed by atoms with Gasteiger partial charge in [0.1, 0.15) is 11.5 Å². The second-order valence-corrected chi connectivity index (χ2v) is 7.89. The molecule has 7 nitrogen and oxygen atoms in total. The molecule has 0 saturated carbocycles. The number of benzene rings is 3. The molecule has 0 radical (unpaired) electrons. The van der Waals surface area contributed by atoms with Crippen LogP contribution in [0.5, 0.6) is 11.5 Å². The lowest BCUT2D eigenvalue weighted by Crippen LogP contribution is -2.20. The fourth-order valence-corrected chi connectivity index (χ4v) is 3.88. The minimum Gasteiger partial charge on any atom is -0.497 e. The van der Waals surface area contributed by atoms with Gasteiger partial charge in [-0.15, -0.1) is 0 Å². The molecule has 33 heavy (non-hydrogen) atoms. The van der Waals surface area contributed by atoms with Crippen LogP contribution in [0, 0.1) is 0 Å². The predicted octanol–water partition coefficient (Wildman–Crippen LogP) is 5.08. The summed E-state index contributed by atoms with van der Waals surface area (Å²) in [6.45, 7) is 0. The summed E-state index contributed by atoms with van der Waals surface area (Å²) in [5.74, 6) is 1.46. The molecule has 2 amide bonds. The third-order valence-corrected chi connectivity index (χ3v) is 5.65. The van der Waals surface area contributed by atoms with Crippen molar-refractivity contribution in [3.63, 3.8) is 0 Å². The molecule has 4 aromatic rings. The van der Waals surface area contributed by atoms with Crippen molar-refractivity contribution in [2.24, 2.45) is 12.8 Å². The van der Waals surface area contributed by atoms with Crippen LogP contribution in [0.2, 0.25) is 0 Å². The summed E-state index contributed by atoms with van der Waals surface area (Å²) in [6.07, 6.45) is 2.57. The van der Waals surface area contributed by atoms with Crippen LogP contribution in [0.4, 0.5) is 16.2 Å². The number of fused-ring (bicyclic) bond motifs is 1. The van der Waals surface area contributed by atoms with Crippen LogP contribution in [0.25, 0.3) is 10.9 Å². The minimum absolute atomic E-state index is 0.266. The van der Waals surface area contributed by atoms with Crippen LogP contribution < -0.4 is 25.8 Å². The molecule has 170 valence electrons. The van der Waals surface area contributed by atoms with Gasteiger partial charge in [0.2, 0.25) is 0 Å². The Morgan fingerprint density at radius 2 is 1.76 bits per heavy atom. The van der Waals surface area contributed by atoms with E-state index in [0.29, 0.717) is 12.1 Å². The van der Waals surface area contributed by atoms with Gasteiger partial charge in [0.25, 0.3) is 0 Å². The average Bonchev–Trinajstić information content (AvgIpc) is 3.19. The summed E-state index contributed by atoms with van der Waals surface area (Å²) in [5.41, 5.74) is 10.9. The molecule has 0 aliphatic heterocycles. The van der Waals surface area contributed by atoms with E-state index in [1.165, 1.54) is 0 Å². The number of aryl methyl sites for hydroxylation is 1. The summed E-state index contributed by atoms with van der Waals surface area (Å²) in [4.78, 5) is 12.6. The highest BCUT2D eigenvalue weighted by atomic mass is 16.5. The average molecular weight is 445 g/mol. The van der Waals surface area contributed by atoms with Gasteiger partial charge in [-0.2, -0.15) is 0 Å². The van der Waals surface area contributed by atoms with E-state index >= 15 is 0 Å². The molecule has 1 aromatic heterocycles. The third kappa shape index (κ3) is 5.10. The molecule has 4 N–H and O–H groups in total. The summed E-state index contributed by atoms with van der Waals surface area (Å²) >= 11 is 0. The number of ether oxygens (including phenoxy) is 2. The largest absolute Gasteiger partial charge is 0.497 e. The molecule has 0 spiro atoms. The van der Waals surface area contributed by atoms with Gasteiger partial charge in [0.15, 0.2) is 0 Å². The highest BCUT2D eigenvalue weighted by Gasteiger charge is 2.13. The Kier molecular flexibility index (Phi) is 6.51. The van der Waals surface area contributed by atoms with Crippen molar-refractivity contribution in [3.05, 3.63) is 84.1 Å². The van der Waals surface area contributed by atoms with E-state index in [0.717, 1.165) is 39.2 Å². The van der Waals surface area contributed by atoms with Crippen LogP contribution in [-0.4, -0.2) is 24.8 Å². The molecule has 3 aromatic carbocycles. The highest BCUT2D eigenvalue weighted by Crippen LogP contribution is 2.29. The van der Waals surface area contributed by atoms with Gasteiger partial charge in [-0.1, -0.05) is 18.2 Å². The maximum absolute atomic E-state index is 12.6. The van der Waals surface area contributed by atoms with E-state index in [1.54, 1.807) is 14.2 Å². The van der Waals surface area contributed by atoms with Gasteiger partial charge in [-0.25, -0.2) is 4.79 Å². The van der Waals surface area contributed by atoms with Crippen LogP contribution in [0.1, 0.15) is 17.2 Å². The summed E-state index contributed by atoms with van der Waals surface area (Å²) < 4.78 is 12.8. The van der Waals surface area contributed by atoms with Crippen molar-refractivity contribution in [3.8, 4) is 11.5 Å². The van der Waals surface area contributed by atoms with Crippen molar-refractivity contribution in [2.75, 3.05) is 24.9 Å². The first-order valence-electron chi connectivity index (χ1n) is 10.7. The quantitative estimate of drug-likeness (QED) is 0.371. The van der Waals surface area contributed by atoms with Gasteiger partial charge in [0, 0.05) is 47.6 Å². The molecule has 4 rings (SSSR count). The number of carbonyl (C=O) groups is 1. The smallest absolute Gasteiger partial charge is 0.323 e. The minimum atomic E-state index is -0.312. The zero-order valence-corrected chi connectivity index (χ0v) is 19.0. The number of nitrogens with two attached hydrogens (primary N) is 1. The summed E-state index contributed by atoms with van der Waals surface area (Å²) in [6, 6.07) is 20.5. The molecule has 1 heterocycles.